The molecule has 2 bridgehead atoms. The van der Waals surface area contributed by atoms with E-state index in [9.17, 15) is 51.1 Å². The van der Waals surface area contributed by atoms with Gasteiger partial charge in [-0.3, -0.25) is 0 Å². The molecule has 63 heavy (non-hydrogen) atoms. The van der Waals surface area contributed by atoms with E-state index in [1.807, 2.05) is 47.6 Å². The van der Waals surface area contributed by atoms with Gasteiger partial charge in [0.05, 0.1) is 58.0 Å². The Labute approximate surface area is 382 Å². The molecule has 2 saturated heterocycles. The lowest BCUT2D eigenvalue weighted by Gasteiger charge is -2.47. The Morgan fingerprint density at radius 2 is 1.16 bits per heavy atom. The first kappa shape index (κ1) is 58.4. The van der Waals surface area contributed by atoms with Gasteiger partial charge in [-0.05, 0) is 139 Å². The number of methoxy groups -OCH3 is 1. The second-order valence-electron chi connectivity index (χ2n) is 23.4. The molecule has 374 valence electrons. The second kappa shape index (κ2) is 22.6. The van der Waals surface area contributed by atoms with Gasteiger partial charge in [0.25, 0.3) is 0 Å². The smallest absolute Gasteiger partial charge is 0.112 e. The first-order chi connectivity index (χ1) is 28.6. The van der Waals surface area contributed by atoms with Crippen molar-refractivity contribution in [1.82, 2.24) is 0 Å². The van der Waals surface area contributed by atoms with Gasteiger partial charge >= 0.3 is 0 Å². The van der Waals surface area contributed by atoms with Crippen molar-refractivity contribution in [2.24, 2.45) is 47.3 Å². The molecule has 4 aliphatic carbocycles. The highest BCUT2D eigenvalue weighted by molar-refractivity contribution is 5.15. The molecule has 3 saturated carbocycles. The van der Waals surface area contributed by atoms with Crippen LogP contribution in [0.5, 0.6) is 0 Å². The van der Waals surface area contributed by atoms with Crippen molar-refractivity contribution in [3.8, 4) is 0 Å². The van der Waals surface area contributed by atoms with E-state index in [-0.39, 0.29) is 23.5 Å². The van der Waals surface area contributed by atoms with Crippen LogP contribution in [-0.4, -0.2) is 134 Å². The molecule has 12 heteroatoms. The molecule has 0 spiro atoms. The fraction of sp³-hybridized carbons (Fsp3) is 0.961. The van der Waals surface area contributed by atoms with Crippen LogP contribution in [0.1, 0.15) is 181 Å². The summed E-state index contributed by atoms with van der Waals surface area (Å²) >= 11 is 0. The van der Waals surface area contributed by atoms with Crippen molar-refractivity contribution in [2.75, 3.05) is 7.11 Å². The first-order valence-electron chi connectivity index (χ1n) is 24.5. The SMILES string of the molecule is CC(C)C12CCC(C)(O1)C(O)C2O.CC(C)C1C=CC(C)(O)C(O)C1.CC(C)C1CCC(C)(O)C(O)C1.CC1CCC(O)(C(C)C)CC1O.COC1(C(C)C)CCC(C)(O)C(O)C1. The Kier molecular flexibility index (Phi) is 20.9. The van der Waals surface area contributed by atoms with Gasteiger partial charge in [-0.2, -0.15) is 0 Å². The Morgan fingerprint density at radius 1 is 0.587 bits per heavy atom. The van der Waals surface area contributed by atoms with Crippen molar-refractivity contribution in [3.05, 3.63) is 12.2 Å². The van der Waals surface area contributed by atoms with Gasteiger partial charge in [0.1, 0.15) is 17.8 Å². The van der Waals surface area contributed by atoms with Crippen LogP contribution in [0.15, 0.2) is 12.2 Å². The molecular formula is C51H98O12. The molecule has 6 rings (SSSR count). The van der Waals surface area contributed by atoms with Gasteiger partial charge in [-0.25, -0.2) is 0 Å². The first-order valence-corrected chi connectivity index (χ1v) is 24.5. The zero-order valence-electron chi connectivity index (χ0n) is 42.5. The summed E-state index contributed by atoms with van der Waals surface area (Å²) in [6.45, 7) is 29.9. The predicted molar refractivity (Wildman–Crippen MR) is 250 cm³/mol. The molecule has 10 N–H and O–H groups in total. The van der Waals surface area contributed by atoms with E-state index in [1.54, 1.807) is 34.0 Å². The highest BCUT2D eigenvalue weighted by Gasteiger charge is 2.65. The van der Waals surface area contributed by atoms with Gasteiger partial charge in [0.2, 0.25) is 0 Å². The third-order valence-electron chi connectivity index (χ3n) is 16.8. The highest BCUT2D eigenvalue weighted by atomic mass is 16.6. The maximum absolute atomic E-state index is 10.1. The molecule has 6 aliphatic rings. The van der Waals surface area contributed by atoms with E-state index in [0.29, 0.717) is 61.2 Å². The summed E-state index contributed by atoms with van der Waals surface area (Å²) in [6, 6.07) is 0. The molecule has 0 aromatic rings. The standard InChI is InChI=1S/C11H22O3.C10H18O3.C10H20O2.C10H18O2.C10H20O2/c1-8(2)11(14-4)6-5-10(3,13)9(12)7-11;1-6(2)10-5-4-9(3,13-10)7(11)8(10)12;2*1-7(2)8-4-5-10(3,12)9(11)6-8;1-7(2)10(12)5-4-8(3)9(11)6-10/h8-9,12-13H,5-7H2,1-4H3;6-8,11-12H,4-5H2,1-3H3;7-9,11-12H,4-6H2,1-3H3;4-5,7-9,11-12H,6H2,1-3H3;7-9,11-12H,4-6H2,1-3H3. The largest absolute Gasteiger partial charge is 0.393 e. The Balaban J connectivity index is 0.000000271. The van der Waals surface area contributed by atoms with Crippen molar-refractivity contribution in [3.63, 3.8) is 0 Å². The molecule has 12 nitrogen and oxygen atoms in total. The van der Waals surface area contributed by atoms with Crippen LogP contribution in [0.25, 0.3) is 0 Å². The molecule has 2 aliphatic heterocycles. The van der Waals surface area contributed by atoms with Crippen molar-refractivity contribution in [1.29, 1.82) is 0 Å². The minimum absolute atomic E-state index is 0.250. The molecule has 0 aromatic heterocycles. The third-order valence-corrected chi connectivity index (χ3v) is 16.8. The van der Waals surface area contributed by atoms with Crippen LogP contribution < -0.4 is 0 Å². The number of allylic oxidation sites excluding steroid dienone is 1. The quantitative estimate of drug-likeness (QED) is 0.130. The minimum Gasteiger partial charge on any atom is -0.393 e. The van der Waals surface area contributed by atoms with Crippen molar-refractivity contribution in [2.45, 2.75) is 257 Å². The number of rotatable bonds is 6. The highest BCUT2D eigenvalue weighted by Crippen LogP contribution is 2.54. The average Bonchev–Trinajstić information content (AvgIpc) is 3.65. The summed E-state index contributed by atoms with van der Waals surface area (Å²) in [5.74, 6) is 3.35. The molecule has 0 amide bonds. The lowest BCUT2D eigenvalue weighted by Crippen LogP contribution is -2.54. The van der Waals surface area contributed by atoms with Crippen LogP contribution >= 0.6 is 0 Å². The maximum atomic E-state index is 10.1. The van der Waals surface area contributed by atoms with Gasteiger partial charge < -0.3 is 60.5 Å². The lowest BCUT2D eigenvalue weighted by molar-refractivity contribution is -0.172. The van der Waals surface area contributed by atoms with E-state index in [0.717, 1.165) is 51.4 Å². The fourth-order valence-corrected chi connectivity index (χ4v) is 10.2. The van der Waals surface area contributed by atoms with Crippen molar-refractivity contribution >= 4 is 0 Å². The van der Waals surface area contributed by atoms with Gasteiger partial charge in [0, 0.05) is 20.0 Å². The van der Waals surface area contributed by atoms with E-state index in [2.05, 4.69) is 41.5 Å². The Bertz CT molecular complexity index is 1400. The predicted octanol–water partition coefficient (Wildman–Crippen LogP) is 6.45. The van der Waals surface area contributed by atoms with E-state index in [4.69, 9.17) is 9.47 Å². The number of aliphatic hydroxyl groups excluding tert-OH is 6. The van der Waals surface area contributed by atoms with Crippen LogP contribution in [0.4, 0.5) is 0 Å². The molecule has 2 heterocycles. The van der Waals surface area contributed by atoms with Crippen LogP contribution in [0.2, 0.25) is 0 Å². The second-order valence-corrected chi connectivity index (χ2v) is 23.4. The summed E-state index contributed by atoms with van der Waals surface area (Å²) in [5.41, 5.74) is -4.70. The average molecular weight is 903 g/mol. The third kappa shape index (κ3) is 14.4. The molecular weight excluding hydrogens is 805 g/mol. The summed E-state index contributed by atoms with van der Waals surface area (Å²) < 4.78 is 11.4. The summed E-state index contributed by atoms with van der Waals surface area (Å²) in [4.78, 5) is 0. The number of hydrogen-bond donors (Lipinski definition) is 10. The minimum atomic E-state index is -1.02. The lowest BCUT2D eigenvalue weighted by atomic mass is 9.70. The zero-order chi connectivity index (χ0) is 48.9. The van der Waals surface area contributed by atoms with Crippen LogP contribution in [0, 0.1) is 47.3 Å². The Morgan fingerprint density at radius 3 is 1.54 bits per heavy atom. The van der Waals surface area contributed by atoms with Crippen molar-refractivity contribution < 1.29 is 60.5 Å². The maximum Gasteiger partial charge on any atom is 0.112 e. The normalized spacial score (nSPS) is 45.8. The summed E-state index contributed by atoms with van der Waals surface area (Å²) in [6.07, 6.45) is 9.31. The van der Waals surface area contributed by atoms with Gasteiger partial charge in [0.15, 0.2) is 0 Å². The number of fused-ring (bicyclic) bond motifs is 2. The Hall–Kier alpha value is -0.740. The van der Waals surface area contributed by atoms with Crippen LogP contribution in [-0.2, 0) is 9.47 Å². The van der Waals surface area contributed by atoms with E-state index in [1.165, 1.54) is 0 Å². The molecule has 5 fully saturated rings. The molecule has 0 radical (unpaired) electrons. The van der Waals surface area contributed by atoms with Crippen LogP contribution in [0.3, 0.4) is 0 Å². The molecule has 16 atom stereocenters. The van der Waals surface area contributed by atoms with Gasteiger partial charge in [-0.15, -0.1) is 0 Å². The summed E-state index contributed by atoms with van der Waals surface area (Å²) in [5, 5.41) is 97.5. The zero-order valence-corrected chi connectivity index (χ0v) is 42.5. The van der Waals surface area contributed by atoms with Gasteiger partial charge in [-0.1, -0.05) is 88.3 Å². The number of hydrogen-bond acceptors (Lipinski definition) is 12. The summed E-state index contributed by atoms with van der Waals surface area (Å²) in [7, 11) is 1.69. The topological polar surface area (TPSA) is 221 Å². The number of aliphatic hydroxyl groups is 10. The van der Waals surface area contributed by atoms with E-state index >= 15 is 0 Å². The molecule has 0 aromatic carbocycles. The monoisotopic (exact) mass is 903 g/mol. The van der Waals surface area contributed by atoms with E-state index < -0.39 is 64.1 Å². The molecule has 16 unspecified atom stereocenters. The fourth-order valence-electron chi connectivity index (χ4n) is 10.2. The number of ether oxygens (including phenoxy) is 2.